The van der Waals surface area contributed by atoms with Crippen molar-refractivity contribution < 1.29 is 80.2 Å². The lowest BCUT2D eigenvalue weighted by molar-refractivity contribution is -0.161. The number of hydrogen-bond donors (Lipinski definition) is 3. The zero-order chi connectivity index (χ0) is 77.8. The largest absolute Gasteiger partial charge is 0.472 e. The number of aliphatic hydroxyl groups is 1. The lowest BCUT2D eigenvalue weighted by Gasteiger charge is -2.21. The first-order valence-corrected chi connectivity index (χ1v) is 48.0. The summed E-state index contributed by atoms with van der Waals surface area (Å²) in [5.41, 5.74) is 0. The van der Waals surface area contributed by atoms with E-state index in [2.05, 4.69) is 41.5 Å². The average Bonchev–Trinajstić information content (AvgIpc) is 0.925. The predicted octanol–water partition coefficient (Wildman–Crippen LogP) is 26.6. The van der Waals surface area contributed by atoms with Gasteiger partial charge in [0.1, 0.15) is 19.3 Å². The van der Waals surface area contributed by atoms with Crippen LogP contribution in [0.4, 0.5) is 0 Å². The Kier molecular flexibility index (Phi) is 76.9. The quantitative estimate of drug-likeness (QED) is 0.0222. The van der Waals surface area contributed by atoms with E-state index in [9.17, 15) is 43.2 Å². The summed E-state index contributed by atoms with van der Waals surface area (Å²) in [6.07, 6.45) is 71.2. The van der Waals surface area contributed by atoms with Crippen LogP contribution in [0, 0.1) is 11.8 Å². The van der Waals surface area contributed by atoms with Gasteiger partial charge in [-0.05, 0) is 37.5 Å². The number of phosphoric ester groups is 2. The molecule has 0 fully saturated rings. The fourth-order valence-electron chi connectivity index (χ4n) is 13.6. The summed E-state index contributed by atoms with van der Waals surface area (Å²) < 4.78 is 68.9. The van der Waals surface area contributed by atoms with Gasteiger partial charge in [0.2, 0.25) is 0 Å². The minimum atomic E-state index is -4.97. The number of phosphoric acid groups is 2. The van der Waals surface area contributed by atoms with E-state index in [4.69, 9.17) is 37.0 Å². The molecule has 0 heterocycles. The Labute approximate surface area is 651 Å². The SMILES string of the molecule is CCCCCCCCCCCCCCCCCCCCCCCC(=O)O[C@H](COC(=O)CCCCCCCCCCCCCCCCCCCCCC)COP(=O)(O)OC[C@@H](O)COP(=O)(O)OC[C@@H](COC(=O)CCCCCCCCC(C)C)OC(=O)CCCCCCCCCCCCCCCC(C)C. The van der Waals surface area contributed by atoms with Gasteiger partial charge in [-0.1, -0.05) is 414 Å². The number of ether oxygens (including phenoxy) is 4. The molecule has 2 unspecified atom stereocenters. The van der Waals surface area contributed by atoms with Gasteiger partial charge in [-0.3, -0.25) is 37.3 Å². The molecule has 0 bridgehead atoms. The molecule has 0 saturated carbocycles. The fourth-order valence-corrected chi connectivity index (χ4v) is 15.2. The maximum Gasteiger partial charge on any atom is 0.472 e. The van der Waals surface area contributed by atoms with E-state index in [-0.39, 0.29) is 25.7 Å². The Hall–Kier alpha value is -1.94. The van der Waals surface area contributed by atoms with Crippen LogP contribution in [0.1, 0.15) is 465 Å². The molecule has 630 valence electrons. The molecule has 0 rings (SSSR count). The molecule has 0 amide bonds. The molecule has 17 nitrogen and oxygen atoms in total. The third kappa shape index (κ3) is 80.1. The van der Waals surface area contributed by atoms with Crippen molar-refractivity contribution in [1.29, 1.82) is 0 Å². The standard InChI is InChI=1S/C87H170O17P2/c1-7-9-11-13-15-17-19-21-23-25-27-29-31-33-35-39-43-47-51-59-65-71-86(91)103-82(75-97-84(89)69-63-57-50-46-42-38-34-32-30-28-26-24-22-20-18-16-14-12-10-8-2)77-101-105(93,94)99-73-81(88)74-100-106(95,96)102-78-83(76-98-85(90)70-64-58-54-53-56-62-68-80(5)6)104-87(92)72-66-60-52-48-44-40-36-37-41-45-49-55-61-67-79(3)4/h79-83,88H,7-78H2,1-6H3,(H,93,94)(H,95,96)/t81-,82-,83-/m1/s1. The van der Waals surface area contributed by atoms with Crippen molar-refractivity contribution in [2.24, 2.45) is 11.8 Å². The minimum absolute atomic E-state index is 0.106. The molecule has 0 radical (unpaired) electrons. The number of carbonyl (C=O) groups excluding carboxylic acids is 4. The van der Waals surface area contributed by atoms with Crippen LogP contribution < -0.4 is 0 Å². The van der Waals surface area contributed by atoms with Crippen molar-refractivity contribution in [1.82, 2.24) is 0 Å². The molecule has 0 aromatic carbocycles. The molecule has 0 aliphatic rings. The number of rotatable bonds is 86. The zero-order valence-electron chi connectivity index (χ0n) is 69.7. The first kappa shape index (κ1) is 104. The van der Waals surface area contributed by atoms with Gasteiger partial charge in [0.25, 0.3) is 0 Å². The second-order valence-electron chi connectivity index (χ2n) is 32.2. The molecule has 0 aromatic heterocycles. The van der Waals surface area contributed by atoms with Crippen molar-refractivity contribution in [3.05, 3.63) is 0 Å². The highest BCUT2D eigenvalue weighted by atomic mass is 31.2. The van der Waals surface area contributed by atoms with Gasteiger partial charge in [0.15, 0.2) is 12.2 Å². The monoisotopic (exact) mass is 1550 g/mol. The number of unbranched alkanes of at least 4 members (excludes halogenated alkanes) is 56. The fraction of sp³-hybridized carbons (Fsp3) is 0.954. The van der Waals surface area contributed by atoms with Crippen molar-refractivity contribution >= 4 is 39.5 Å². The van der Waals surface area contributed by atoms with Gasteiger partial charge in [0.05, 0.1) is 26.4 Å². The number of esters is 4. The average molecular weight is 1550 g/mol. The normalized spacial score (nSPS) is 13.8. The van der Waals surface area contributed by atoms with Crippen LogP contribution in [-0.2, 0) is 65.4 Å². The van der Waals surface area contributed by atoms with E-state index in [0.29, 0.717) is 31.6 Å². The third-order valence-corrected chi connectivity index (χ3v) is 22.4. The zero-order valence-corrected chi connectivity index (χ0v) is 71.5. The summed E-state index contributed by atoms with van der Waals surface area (Å²) in [5, 5.41) is 10.7. The van der Waals surface area contributed by atoms with E-state index in [1.165, 1.54) is 276 Å². The number of carbonyl (C=O) groups is 4. The van der Waals surface area contributed by atoms with Gasteiger partial charge >= 0.3 is 39.5 Å². The van der Waals surface area contributed by atoms with Crippen LogP contribution in [0.2, 0.25) is 0 Å². The van der Waals surface area contributed by atoms with Gasteiger partial charge in [0, 0.05) is 25.7 Å². The van der Waals surface area contributed by atoms with Crippen LogP contribution in [0.15, 0.2) is 0 Å². The summed E-state index contributed by atoms with van der Waals surface area (Å²) in [6, 6.07) is 0. The highest BCUT2D eigenvalue weighted by Crippen LogP contribution is 2.45. The molecule has 106 heavy (non-hydrogen) atoms. The van der Waals surface area contributed by atoms with E-state index >= 15 is 0 Å². The lowest BCUT2D eigenvalue weighted by Crippen LogP contribution is -2.30. The molecule has 0 saturated heterocycles. The van der Waals surface area contributed by atoms with E-state index < -0.39 is 97.5 Å². The first-order valence-electron chi connectivity index (χ1n) is 45.0. The highest BCUT2D eigenvalue weighted by molar-refractivity contribution is 7.47. The lowest BCUT2D eigenvalue weighted by atomic mass is 10.0. The second-order valence-corrected chi connectivity index (χ2v) is 35.1. The topological polar surface area (TPSA) is 237 Å². The predicted molar refractivity (Wildman–Crippen MR) is 437 cm³/mol. The van der Waals surface area contributed by atoms with Crippen LogP contribution in [0.3, 0.4) is 0 Å². The van der Waals surface area contributed by atoms with E-state index in [0.717, 1.165) is 102 Å². The first-order chi connectivity index (χ1) is 51.4. The summed E-state index contributed by atoms with van der Waals surface area (Å²) in [4.78, 5) is 73.2. The van der Waals surface area contributed by atoms with Crippen LogP contribution in [-0.4, -0.2) is 96.7 Å². The molecule has 0 aliphatic carbocycles. The molecular formula is C87H170O17P2. The molecule has 19 heteroatoms. The third-order valence-electron chi connectivity index (χ3n) is 20.5. The summed E-state index contributed by atoms with van der Waals surface area (Å²) in [7, 11) is -9.93. The van der Waals surface area contributed by atoms with Crippen molar-refractivity contribution in [2.75, 3.05) is 39.6 Å². The number of hydrogen-bond acceptors (Lipinski definition) is 15. The van der Waals surface area contributed by atoms with Gasteiger partial charge in [-0.2, -0.15) is 0 Å². The molecule has 0 spiro atoms. The van der Waals surface area contributed by atoms with Gasteiger partial charge in [-0.25, -0.2) is 9.13 Å². The Bertz CT molecular complexity index is 2030. The van der Waals surface area contributed by atoms with Crippen molar-refractivity contribution in [2.45, 2.75) is 484 Å². The Morgan fingerprint density at radius 1 is 0.255 bits per heavy atom. The molecule has 0 aromatic rings. The van der Waals surface area contributed by atoms with E-state index in [1.54, 1.807) is 0 Å². The van der Waals surface area contributed by atoms with Crippen LogP contribution in [0.5, 0.6) is 0 Å². The molecule has 0 aliphatic heterocycles. The van der Waals surface area contributed by atoms with Crippen LogP contribution in [0.25, 0.3) is 0 Å². The van der Waals surface area contributed by atoms with Crippen LogP contribution >= 0.6 is 15.6 Å². The van der Waals surface area contributed by atoms with Gasteiger partial charge in [-0.15, -0.1) is 0 Å². The molecular weight excluding hydrogens is 1380 g/mol. The van der Waals surface area contributed by atoms with Crippen molar-refractivity contribution in [3.63, 3.8) is 0 Å². The van der Waals surface area contributed by atoms with Crippen molar-refractivity contribution in [3.8, 4) is 0 Å². The number of aliphatic hydroxyl groups excluding tert-OH is 1. The molecule has 3 N–H and O–H groups in total. The maximum atomic E-state index is 13.2. The second kappa shape index (κ2) is 78.3. The van der Waals surface area contributed by atoms with E-state index in [1.807, 2.05) is 0 Å². The van der Waals surface area contributed by atoms with Gasteiger partial charge < -0.3 is 33.8 Å². The summed E-state index contributed by atoms with van der Waals surface area (Å²) in [6.45, 7) is 9.60. The highest BCUT2D eigenvalue weighted by Gasteiger charge is 2.30. The Balaban J connectivity index is 5.20. The Morgan fingerprint density at radius 3 is 0.642 bits per heavy atom. The molecule has 5 atom stereocenters. The maximum absolute atomic E-state index is 13.2. The summed E-state index contributed by atoms with van der Waals surface area (Å²) in [5.74, 6) is -0.639. The summed E-state index contributed by atoms with van der Waals surface area (Å²) >= 11 is 0. The smallest absolute Gasteiger partial charge is 0.462 e. The Morgan fingerprint density at radius 2 is 0.434 bits per heavy atom. The minimum Gasteiger partial charge on any atom is -0.462 e.